The summed E-state index contributed by atoms with van der Waals surface area (Å²) in [7, 11) is 0. The molecule has 1 heterocycles. The van der Waals surface area contributed by atoms with Crippen molar-refractivity contribution >= 4 is 34.9 Å². The maximum atomic E-state index is 12.6. The number of aromatic nitrogens is 2. The molecule has 0 radical (unpaired) electrons. The van der Waals surface area contributed by atoms with E-state index >= 15 is 0 Å². The van der Waals surface area contributed by atoms with Gasteiger partial charge in [-0.1, -0.05) is 12.1 Å². The van der Waals surface area contributed by atoms with Gasteiger partial charge in [0.2, 0.25) is 5.91 Å². The van der Waals surface area contributed by atoms with Gasteiger partial charge in [0, 0.05) is 54.5 Å². The first-order valence-electron chi connectivity index (χ1n) is 9.85. The van der Waals surface area contributed by atoms with E-state index in [-0.39, 0.29) is 24.3 Å². The molecule has 0 aliphatic rings. The summed E-state index contributed by atoms with van der Waals surface area (Å²) in [5, 5.41) is 10.9. The van der Waals surface area contributed by atoms with Crippen molar-refractivity contribution in [3.63, 3.8) is 0 Å². The molecule has 4 amide bonds. The van der Waals surface area contributed by atoms with E-state index in [1.807, 2.05) is 11.5 Å². The standard InChI is InChI=1S/C22H24N6O3/c1-2-24-22(31)27-19-8-4-7-18(14-19)26-21(30)16-5-3-6-17(13-16)25-20(29)9-11-28-12-10-23-15-28/h3-8,10,12-15H,2,9,11H2,1H3,(H,25,29)(H,26,30)(H2,24,27,31). The molecule has 160 valence electrons. The first kappa shape index (κ1) is 21.6. The Morgan fingerprint density at radius 3 is 2.35 bits per heavy atom. The number of nitrogens with zero attached hydrogens (tertiary/aromatic N) is 2. The predicted molar refractivity (Wildman–Crippen MR) is 119 cm³/mol. The lowest BCUT2D eigenvalue weighted by Gasteiger charge is -2.10. The van der Waals surface area contributed by atoms with Crippen LogP contribution in [-0.2, 0) is 11.3 Å². The summed E-state index contributed by atoms with van der Waals surface area (Å²) in [6, 6.07) is 13.2. The minimum atomic E-state index is -0.329. The number of carbonyl (C=O) groups is 3. The van der Waals surface area contributed by atoms with Crippen LogP contribution in [0.15, 0.2) is 67.3 Å². The van der Waals surface area contributed by atoms with Crippen LogP contribution >= 0.6 is 0 Å². The van der Waals surface area contributed by atoms with E-state index in [9.17, 15) is 14.4 Å². The van der Waals surface area contributed by atoms with Gasteiger partial charge in [-0.3, -0.25) is 9.59 Å². The Bertz CT molecular complexity index is 1050. The van der Waals surface area contributed by atoms with Gasteiger partial charge in [-0.25, -0.2) is 9.78 Å². The van der Waals surface area contributed by atoms with Gasteiger partial charge in [-0.05, 0) is 43.3 Å². The van der Waals surface area contributed by atoms with Crippen LogP contribution in [0.2, 0.25) is 0 Å². The number of hydrogen-bond acceptors (Lipinski definition) is 4. The van der Waals surface area contributed by atoms with Crippen molar-refractivity contribution in [3.05, 3.63) is 72.8 Å². The normalized spacial score (nSPS) is 10.2. The molecular weight excluding hydrogens is 396 g/mol. The topological polar surface area (TPSA) is 117 Å². The fourth-order valence-electron chi connectivity index (χ4n) is 2.83. The van der Waals surface area contributed by atoms with E-state index in [0.717, 1.165) is 0 Å². The Hall–Kier alpha value is -4.14. The second-order valence-electron chi connectivity index (χ2n) is 6.70. The fraction of sp³-hybridized carbons (Fsp3) is 0.182. The highest BCUT2D eigenvalue weighted by Gasteiger charge is 2.10. The van der Waals surface area contributed by atoms with Crippen LogP contribution in [0.5, 0.6) is 0 Å². The second kappa shape index (κ2) is 10.6. The van der Waals surface area contributed by atoms with E-state index in [0.29, 0.717) is 35.7 Å². The third-order valence-electron chi connectivity index (χ3n) is 4.28. The zero-order chi connectivity index (χ0) is 22.1. The average Bonchev–Trinajstić information content (AvgIpc) is 3.26. The predicted octanol–water partition coefficient (Wildman–Crippen LogP) is 3.31. The van der Waals surface area contributed by atoms with E-state index in [4.69, 9.17) is 0 Å². The lowest BCUT2D eigenvalue weighted by Crippen LogP contribution is -2.28. The molecule has 0 atom stereocenters. The Labute approximate surface area is 179 Å². The highest BCUT2D eigenvalue weighted by atomic mass is 16.2. The molecule has 9 heteroatoms. The molecule has 0 saturated heterocycles. The maximum Gasteiger partial charge on any atom is 0.319 e. The number of carbonyl (C=O) groups excluding carboxylic acids is 3. The third-order valence-corrected chi connectivity index (χ3v) is 4.28. The van der Waals surface area contributed by atoms with Crippen molar-refractivity contribution in [2.45, 2.75) is 19.9 Å². The average molecular weight is 420 g/mol. The quantitative estimate of drug-likeness (QED) is 0.447. The van der Waals surface area contributed by atoms with Gasteiger partial charge < -0.3 is 25.8 Å². The van der Waals surface area contributed by atoms with Gasteiger partial charge in [0.05, 0.1) is 6.33 Å². The molecule has 0 bridgehead atoms. The summed E-state index contributed by atoms with van der Waals surface area (Å²) in [4.78, 5) is 40.4. The molecule has 2 aromatic carbocycles. The molecule has 3 aromatic rings. The SMILES string of the molecule is CCNC(=O)Nc1cccc(NC(=O)c2cccc(NC(=O)CCn3ccnc3)c2)c1. The zero-order valence-corrected chi connectivity index (χ0v) is 17.1. The molecule has 0 unspecified atom stereocenters. The number of nitrogens with one attached hydrogen (secondary N) is 4. The third kappa shape index (κ3) is 6.70. The Morgan fingerprint density at radius 2 is 1.65 bits per heavy atom. The van der Waals surface area contributed by atoms with Crippen LogP contribution in [0.3, 0.4) is 0 Å². The number of benzene rings is 2. The number of urea groups is 1. The molecule has 0 fully saturated rings. The number of anilines is 3. The monoisotopic (exact) mass is 420 g/mol. The number of imidazole rings is 1. The molecule has 9 nitrogen and oxygen atoms in total. The van der Waals surface area contributed by atoms with Crippen LogP contribution in [0.25, 0.3) is 0 Å². The molecule has 31 heavy (non-hydrogen) atoms. The van der Waals surface area contributed by atoms with E-state index < -0.39 is 0 Å². The zero-order valence-electron chi connectivity index (χ0n) is 17.1. The summed E-state index contributed by atoms with van der Waals surface area (Å²) < 4.78 is 1.82. The van der Waals surface area contributed by atoms with Crippen molar-refractivity contribution in [1.29, 1.82) is 0 Å². The lowest BCUT2D eigenvalue weighted by molar-refractivity contribution is -0.116. The minimum absolute atomic E-state index is 0.157. The summed E-state index contributed by atoms with van der Waals surface area (Å²) in [6.07, 6.45) is 5.39. The number of hydrogen-bond donors (Lipinski definition) is 4. The largest absolute Gasteiger partial charge is 0.338 e. The smallest absolute Gasteiger partial charge is 0.319 e. The Kier molecular flexibility index (Phi) is 7.36. The van der Waals surface area contributed by atoms with Crippen molar-refractivity contribution < 1.29 is 14.4 Å². The lowest BCUT2D eigenvalue weighted by atomic mass is 10.1. The van der Waals surface area contributed by atoms with Crippen molar-refractivity contribution in [3.8, 4) is 0 Å². The van der Waals surface area contributed by atoms with E-state index in [1.54, 1.807) is 67.3 Å². The Balaban J connectivity index is 1.58. The molecule has 0 saturated carbocycles. The first-order valence-corrected chi connectivity index (χ1v) is 9.85. The van der Waals surface area contributed by atoms with Gasteiger partial charge >= 0.3 is 6.03 Å². The van der Waals surface area contributed by atoms with E-state index in [2.05, 4.69) is 26.3 Å². The second-order valence-corrected chi connectivity index (χ2v) is 6.70. The molecule has 3 rings (SSSR count). The molecule has 0 aliphatic carbocycles. The summed E-state index contributed by atoms with van der Waals surface area (Å²) in [6.45, 7) is 2.86. The molecule has 4 N–H and O–H groups in total. The van der Waals surface area contributed by atoms with Crippen molar-refractivity contribution in [2.75, 3.05) is 22.5 Å². The fourth-order valence-corrected chi connectivity index (χ4v) is 2.83. The van der Waals surface area contributed by atoms with Gasteiger partial charge in [0.25, 0.3) is 5.91 Å². The molecule has 0 aliphatic heterocycles. The Morgan fingerprint density at radius 1 is 0.935 bits per heavy atom. The van der Waals surface area contributed by atoms with Gasteiger partial charge in [-0.2, -0.15) is 0 Å². The maximum absolute atomic E-state index is 12.6. The summed E-state index contributed by atoms with van der Waals surface area (Å²) in [5.41, 5.74) is 2.03. The van der Waals surface area contributed by atoms with Crippen LogP contribution in [-0.4, -0.2) is 33.9 Å². The highest BCUT2D eigenvalue weighted by molar-refractivity contribution is 6.05. The minimum Gasteiger partial charge on any atom is -0.338 e. The van der Waals surface area contributed by atoms with E-state index in [1.165, 1.54) is 0 Å². The first-order chi connectivity index (χ1) is 15.0. The van der Waals surface area contributed by atoms with Crippen LogP contribution < -0.4 is 21.3 Å². The summed E-state index contributed by atoms with van der Waals surface area (Å²) >= 11 is 0. The van der Waals surface area contributed by atoms with Crippen LogP contribution in [0.1, 0.15) is 23.7 Å². The number of rotatable bonds is 8. The summed E-state index contributed by atoms with van der Waals surface area (Å²) in [5.74, 6) is -0.486. The van der Waals surface area contributed by atoms with Gasteiger partial charge in [0.15, 0.2) is 0 Å². The molecule has 0 spiro atoms. The van der Waals surface area contributed by atoms with Crippen molar-refractivity contribution in [1.82, 2.24) is 14.9 Å². The van der Waals surface area contributed by atoms with Crippen LogP contribution in [0.4, 0.5) is 21.9 Å². The number of aryl methyl sites for hydroxylation is 1. The molecular formula is C22H24N6O3. The van der Waals surface area contributed by atoms with Crippen LogP contribution in [0, 0.1) is 0 Å². The van der Waals surface area contributed by atoms with Gasteiger partial charge in [-0.15, -0.1) is 0 Å². The highest BCUT2D eigenvalue weighted by Crippen LogP contribution is 2.17. The van der Waals surface area contributed by atoms with Crippen molar-refractivity contribution in [2.24, 2.45) is 0 Å². The number of amides is 4. The molecule has 1 aromatic heterocycles. The van der Waals surface area contributed by atoms with Gasteiger partial charge in [0.1, 0.15) is 0 Å².